The van der Waals surface area contributed by atoms with Gasteiger partial charge in [-0.1, -0.05) is 30.3 Å². The Morgan fingerprint density at radius 1 is 1.11 bits per heavy atom. The molecule has 9 nitrogen and oxygen atoms in total. The van der Waals surface area contributed by atoms with Gasteiger partial charge in [0.2, 0.25) is 11.8 Å². The van der Waals surface area contributed by atoms with Gasteiger partial charge < -0.3 is 16.0 Å². The number of amides is 2. The molecule has 3 N–H and O–H groups in total. The third-order valence-corrected chi connectivity index (χ3v) is 6.47. The predicted octanol–water partition coefficient (Wildman–Crippen LogP) is 3.73. The number of anilines is 1. The monoisotopic (exact) mass is 483 g/mol. The number of hydrogen-bond acceptors (Lipinski definition) is 6. The van der Waals surface area contributed by atoms with E-state index >= 15 is 0 Å². The van der Waals surface area contributed by atoms with E-state index in [1.165, 1.54) is 30.2 Å². The smallest absolute Gasteiger partial charge is 0.269 e. The van der Waals surface area contributed by atoms with Crippen LogP contribution in [0.1, 0.15) is 40.7 Å². The number of nitro groups is 1. The minimum absolute atomic E-state index is 0.0819. The van der Waals surface area contributed by atoms with Crippen molar-refractivity contribution in [3.8, 4) is 0 Å². The summed E-state index contributed by atoms with van der Waals surface area (Å²) in [4.78, 5) is 40.4. The van der Waals surface area contributed by atoms with Gasteiger partial charge in [-0.2, -0.15) is 0 Å². The summed E-state index contributed by atoms with van der Waals surface area (Å²) in [6.07, 6.45) is 0.894. The van der Waals surface area contributed by atoms with Crippen molar-refractivity contribution in [2.45, 2.75) is 32.4 Å². The first-order valence-corrected chi connectivity index (χ1v) is 11.7. The molecule has 0 spiro atoms. The first-order valence-electron chi connectivity index (χ1n) is 11.7. The Labute approximate surface area is 207 Å². The van der Waals surface area contributed by atoms with E-state index in [-0.39, 0.29) is 17.5 Å². The Hall–Kier alpha value is -4.37. The van der Waals surface area contributed by atoms with Crippen molar-refractivity contribution in [1.29, 1.82) is 0 Å². The molecule has 0 radical (unpaired) electrons. The van der Waals surface area contributed by atoms with Gasteiger partial charge in [0.25, 0.3) is 5.69 Å². The van der Waals surface area contributed by atoms with Crippen LogP contribution in [0, 0.1) is 10.1 Å². The molecule has 0 saturated heterocycles. The zero-order valence-electron chi connectivity index (χ0n) is 19.7. The maximum Gasteiger partial charge on any atom is 0.269 e. The van der Waals surface area contributed by atoms with E-state index in [1.807, 2.05) is 42.5 Å². The summed E-state index contributed by atoms with van der Waals surface area (Å²) in [5, 5.41) is 20.4. The Balaban J connectivity index is 1.60. The molecule has 1 unspecified atom stereocenters. The number of rotatable bonds is 6. The summed E-state index contributed by atoms with van der Waals surface area (Å²) < 4.78 is 0. The number of nitro benzene ring substituents is 1. The Morgan fingerprint density at radius 3 is 2.67 bits per heavy atom. The van der Waals surface area contributed by atoms with Crippen LogP contribution in [0.4, 0.5) is 17.1 Å². The summed E-state index contributed by atoms with van der Waals surface area (Å²) >= 11 is 0. The first-order chi connectivity index (χ1) is 17.4. The molecule has 2 aliphatic rings. The van der Waals surface area contributed by atoms with E-state index < -0.39 is 10.8 Å². The number of aliphatic imine (C=N–C) groups is 1. The van der Waals surface area contributed by atoms with Gasteiger partial charge in [-0.15, -0.1) is 0 Å². The quantitative estimate of drug-likeness (QED) is 0.280. The maximum atomic E-state index is 13.2. The Morgan fingerprint density at radius 2 is 1.92 bits per heavy atom. The Kier molecular flexibility index (Phi) is 6.30. The molecule has 0 aromatic heterocycles. The number of nitrogens with one attached hydrogen (secondary N) is 3. The van der Waals surface area contributed by atoms with E-state index in [0.717, 1.165) is 36.3 Å². The van der Waals surface area contributed by atoms with Gasteiger partial charge in [-0.3, -0.25) is 24.7 Å². The maximum absolute atomic E-state index is 13.2. The molecule has 0 fully saturated rings. The average molecular weight is 484 g/mol. The van der Waals surface area contributed by atoms with E-state index in [4.69, 9.17) is 4.99 Å². The number of hydrogen-bond donors (Lipinski definition) is 3. The SMILES string of the molecule is CC(=O)NCc1ccc(C(=Nc2ccc3c(c2)CCNC3)C2C(=O)Nc3ccc([N+](=O)[O-])cc32)cc1. The number of benzene rings is 3. The summed E-state index contributed by atoms with van der Waals surface area (Å²) in [6.45, 7) is 3.55. The number of carbonyl (C=O) groups excluding carboxylic acids is 2. The second-order valence-electron chi connectivity index (χ2n) is 8.93. The van der Waals surface area contributed by atoms with Crippen molar-refractivity contribution < 1.29 is 14.5 Å². The molecule has 0 aliphatic carbocycles. The second kappa shape index (κ2) is 9.71. The fraction of sp³-hybridized carbons (Fsp3) is 0.222. The van der Waals surface area contributed by atoms with E-state index in [0.29, 0.717) is 23.5 Å². The van der Waals surface area contributed by atoms with Crippen LogP contribution >= 0.6 is 0 Å². The first kappa shape index (κ1) is 23.4. The molecule has 5 rings (SSSR count). The third-order valence-electron chi connectivity index (χ3n) is 6.47. The van der Waals surface area contributed by atoms with Gasteiger partial charge in [-0.05, 0) is 53.4 Å². The van der Waals surface area contributed by atoms with E-state index in [2.05, 4.69) is 16.0 Å². The molecule has 36 heavy (non-hydrogen) atoms. The summed E-state index contributed by atoms with van der Waals surface area (Å²) in [5.41, 5.74) is 6.28. The van der Waals surface area contributed by atoms with Crippen molar-refractivity contribution in [3.63, 3.8) is 0 Å². The molecule has 1 atom stereocenters. The highest BCUT2D eigenvalue weighted by atomic mass is 16.6. The topological polar surface area (TPSA) is 126 Å². The molecular weight excluding hydrogens is 458 g/mol. The minimum Gasteiger partial charge on any atom is -0.352 e. The van der Waals surface area contributed by atoms with E-state index in [9.17, 15) is 19.7 Å². The highest BCUT2D eigenvalue weighted by Crippen LogP contribution is 2.38. The number of fused-ring (bicyclic) bond motifs is 2. The second-order valence-corrected chi connectivity index (χ2v) is 8.93. The molecular formula is C27H25N5O4. The average Bonchev–Trinajstić information content (AvgIpc) is 3.21. The standard InChI is InChI=1S/C27H25N5O4/c1-16(33)29-14-17-2-4-18(5-3-17)26(30-21-7-6-20-15-28-11-10-19(20)12-21)25-23-13-22(32(35)36)8-9-24(23)31-27(25)34/h2-9,12-13,25,28H,10-11,14-15H2,1H3,(H,29,33)(H,31,34). The molecule has 2 aliphatic heterocycles. The fourth-order valence-corrected chi connectivity index (χ4v) is 4.62. The van der Waals surface area contributed by atoms with Gasteiger partial charge in [0.05, 0.1) is 16.3 Å². The molecule has 9 heteroatoms. The van der Waals surface area contributed by atoms with Gasteiger partial charge >= 0.3 is 0 Å². The van der Waals surface area contributed by atoms with E-state index in [1.54, 1.807) is 6.07 Å². The largest absolute Gasteiger partial charge is 0.352 e. The summed E-state index contributed by atoms with van der Waals surface area (Å²) in [5.74, 6) is -1.21. The molecule has 3 aromatic rings. The molecule has 182 valence electrons. The van der Waals surface area contributed by atoms with Crippen LogP contribution in [-0.2, 0) is 29.1 Å². The molecule has 2 heterocycles. The van der Waals surface area contributed by atoms with Gasteiger partial charge in [0.15, 0.2) is 0 Å². The van der Waals surface area contributed by atoms with Crippen molar-refractivity contribution in [2.24, 2.45) is 4.99 Å². The normalized spacial score (nSPS) is 16.6. The Bertz CT molecular complexity index is 1400. The third kappa shape index (κ3) is 4.73. The highest BCUT2D eigenvalue weighted by Gasteiger charge is 2.36. The zero-order chi connectivity index (χ0) is 25.2. The predicted molar refractivity (Wildman–Crippen MR) is 136 cm³/mol. The lowest BCUT2D eigenvalue weighted by molar-refractivity contribution is -0.384. The van der Waals surface area contributed by atoms with Crippen molar-refractivity contribution in [3.05, 3.63) is 98.6 Å². The lowest BCUT2D eigenvalue weighted by Crippen LogP contribution is -2.23. The van der Waals surface area contributed by atoms with Crippen LogP contribution in [-0.4, -0.2) is 29.0 Å². The van der Waals surface area contributed by atoms with Crippen molar-refractivity contribution >= 4 is 34.6 Å². The van der Waals surface area contributed by atoms with Crippen LogP contribution in [0.25, 0.3) is 0 Å². The van der Waals surface area contributed by atoms with Crippen LogP contribution < -0.4 is 16.0 Å². The fourth-order valence-electron chi connectivity index (χ4n) is 4.62. The van der Waals surface area contributed by atoms with Crippen LogP contribution in [0.15, 0.2) is 65.7 Å². The molecule has 0 saturated carbocycles. The van der Waals surface area contributed by atoms with Crippen LogP contribution in [0.3, 0.4) is 0 Å². The van der Waals surface area contributed by atoms with Gasteiger partial charge in [0, 0.05) is 43.4 Å². The van der Waals surface area contributed by atoms with Crippen molar-refractivity contribution in [2.75, 3.05) is 11.9 Å². The summed E-state index contributed by atoms with van der Waals surface area (Å²) in [7, 11) is 0. The minimum atomic E-state index is -0.807. The lowest BCUT2D eigenvalue weighted by atomic mass is 9.90. The number of non-ortho nitro benzene ring substituents is 1. The lowest BCUT2D eigenvalue weighted by Gasteiger charge is -2.18. The summed E-state index contributed by atoms with van der Waals surface area (Å²) in [6, 6.07) is 17.9. The molecule has 3 aromatic carbocycles. The highest BCUT2D eigenvalue weighted by molar-refractivity contribution is 6.24. The molecule has 2 amide bonds. The van der Waals surface area contributed by atoms with Crippen molar-refractivity contribution in [1.82, 2.24) is 10.6 Å². The number of nitrogens with zero attached hydrogens (tertiary/aromatic N) is 2. The molecule has 0 bridgehead atoms. The zero-order valence-corrected chi connectivity index (χ0v) is 19.7. The van der Waals surface area contributed by atoms with Crippen LogP contribution in [0.5, 0.6) is 0 Å². The van der Waals surface area contributed by atoms with Gasteiger partial charge in [0.1, 0.15) is 5.92 Å². The van der Waals surface area contributed by atoms with Crippen LogP contribution in [0.2, 0.25) is 0 Å². The van der Waals surface area contributed by atoms with Gasteiger partial charge in [-0.25, -0.2) is 0 Å². The number of carbonyl (C=O) groups is 2.